The Morgan fingerprint density at radius 1 is 1.38 bits per heavy atom. The number of benzene rings is 1. The second-order valence-electron chi connectivity index (χ2n) is 5.24. The third kappa shape index (κ3) is 3.72. The Bertz CT molecular complexity index is 530. The number of carbonyl (C=O) groups is 1. The van der Waals surface area contributed by atoms with Crippen LogP contribution in [-0.4, -0.2) is 25.0 Å². The number of halogens is 4. The minimum atomic E-state index is -4.61. The van der Waals surface area contributed by atoms with Gasteiger partial charge in [-0.05, 0) is 43.6 Å². The lowest BCUT2D eigenvalue weighted by Gasteiger charge is -2.30. The number of piperidine rings is 1. The van der Waals surface area contributed by atoms with Crippen molar-refractivity contribution in [2.75, 3.05) is 13.1 Å². The Morgan fingerprint density at radius 3 is 2.71 bits per heavy atom. The molecule has 0 saturated carbocycles. The van der Waals surface area contributed by atoms with Gasteiger partial charge in [-0.15, -0.1) is 0 Å². The Balaban J connectivity index is 2.18. The molecule has 0 radical (unpaired) electrons. The summed E-state index contributed by atoms with van der Waals surface area (Å²) in [4.78, 5) is 12.0. The molecular formula is C14H16F4N2O. The molecule has 1 fully saturated rings. The van der Waals surface area contributed by atoms with E-state index in [0.29, 0.717) is 37.7 Å². The summed E-state index contributed by atoms with van der Waals surface area (Å²) in [5.74, 6) is -1.63. The molecule has 0 spiro atoms. The average molecular weight is 304 g/mol. The number of alkyl halides is 3. The average Bonchev–Trinajstić information content (AvgIpc) is 2.40. The van der Waals surface area contributed by atoms with Crippen molar-refractivity contribution < 1.29 is 22.4 Å². The van der Waals surface area contributed by atoms with Gasteiger partial charge in [0.2, 0.25) is 0 Å². The van der Waals surface area contributed by atoms with Crippen LogP contribution in [0, 0.1) is 11.7 Å². The first-order valence-electron chi connectivity index (χ1n) is 6.67. The van der Waals surface area contributed by atoms with Crippen LogP contribution in [0.15, 0.2) is 18.2 Å². The summed E-state index contributed by atoms with van der Waals surface area (Å²) >= 11 is 0. The molecule has 3 nitrogen and oxygen atoms in total. The minimum Gasteiger partial charge on any atom is -0.349 e. The molecule has 1 heterocycles. The number of hydrogen-bond donors (Lipinski definition) is 2. The van der Waals surface area contributed by atoms with E-state index in [1.165, 1.54) is 0 Å². The van der Waals surface area contributed by atoms with Crippen LogP contribution in [0.2, 0.25) is 0 Å². The monoisotopic (exact) mass is 304 g/mol. The first-order valence-corrected chi connectivity index (χ1v) is 6.67. The molecule has 1 aromatic carbocycles. The molecule has 1 saturated heterocycles. The molecule has 21 heavy (non-hydrogen) atoms. The summed E-state index contributed by atoms with van der Waals surface area (Å²) in [7, 11) is 0. The molecule has 2 rings (SSSR count). The van der Waals surface area contributed by atoms with E-state index in [1.807, 2.05) is 6.92 Å². The molecule has 1 aromatic rings. The summed E-state index contributed by atoms with van der Waals surface area (Å²) in [6.07, 6.45) is -3.95. The maximum absolute atomic E-state index is 13.6. The van der Waals surface area contributed by atoms with Gasteiger partial charge in [-0.3, -0.25) is 4.79 Å². The van der Waals surface area contributed by atoms with Gasteiger partial charge in [0.1, 0.15) is 5.82 Å². The van der Waals surface area contributed by atoms with Gasteiger partial charge < -0.3 is 10.6 Å². The fourth-order valence-electron chi connectivity index (χ4n) is 2.35. The SMILES string of the molecule is C[C@H]1CNCC[C@H]1NC(=O)c1cc(C(F)(F)F)ccc1F. The molecule has 0 bridgehead atoms. The molecule has 116 valence electrons. The van der Waals surface area contributed by atoms with Gasteiger partial charge in [-0.25, -0.2) is 4.39 Å². The van der Waals surface area contributed by atoms with Crippen LogP contribution < -0.4 is 10.6 Å². The van der Waals surface area contributed by atoms with E-state index in [1.54, 1.807) is 0 Å². The summed E-state index contributed by atoms with van der Waals surface area (Å²) in [6, 6.07) is 1.67. The molecule has 7 heteroatoms. The number of nitrogens with one attached hydrogen (secondary N) is 2. The number of rotatable bonds is 2. The van der Waals surface area contributed by atoms with E-state index in [2.05, 4.69) is 10.6 Å². The first kappa shape index (κ1) is 15.8. The van der Waals surface area contributed by atoms with Crippen LogP contribution in [0.5, 0.6) is 0 Å². The molecule has 2 N–H and O–H groups in total. The van der Waals surface area contributed by atoms with Crippen molar-refractivity contribution in [3.05, 3.63) is 35.1 Å². The van der Waals surface area contributed by atoms with Crippen LogP contribution in [0.4, 0.5) is 17.6 Å². The standard InChI is InChI=1S/C14H16F4N2O/c1-8-7-19-5-4-12(8)20-13(21)10-6-9(14(16,17)18)2-3-11(10)15/h2-3,6,8,12,19H,4-5,7H2,1H3,(H,20,21)/t8-,12+/m0/s1. The van der Waals surface area contributed by atoms with Crippen molar-refractivity contribution in [2.45, 2.75) is 25.6 Å². The quantitative estimate of drug-likeness (QED) is 0.825. The predicted molar refractivity (Wildman–Crippen MR) is 69.3 cm³/mol. The molecule has 0 aliphatic carbocycles. The second-order valence-corrected chi connectivity index (χ2v) is 5.24. The maximum atomic E-state index is 13.6. The van der Waals surface area contributed by atoms with Gasteiger partial charge in [-0.1, -0.05) is 6.92 Å². The normalized spacial score (nSPS) is 22.9. The second kappa shape index (κ2) is 6.01. The zero-order valence-electron chi connectivity index (χ0n) is 11.4. The van der Waals surface area contributed by atoms with Crippen LogP contribution >= 0.6 is 0 Å². The molecular weight excluding hydrogens is 288 g/mol. The highest BCUT2D eigenvalue weighted by atomic mass is 19.4. The van der Waals surface area contributed by atoms with Crippen molar-refractivity contribution >= 4 is 5.91 Å². The smallest absolute Gasteiger partial charge is 0.349 e. The van der Waals surface area contributed by atoms with Gasteiger partial charge >= 0.3 is 6.18 Å². The van der Waals surface area contributed by atoms with Gasteiger partial charge in [0.15, 0.2) is 0 Å². The number of carbonyl (C=O) groups excluding carboxylic acids is 1. The first-order chi connectivity index (χ1) is 9.79. The van der Waals surface area contributed by atoms with Crippen LogP contribution in [0.1, 0.15) is 29.3 Å². The van der Waals surface area contributed by atoms with E-state index >= 15 is 0 Å². The lowest BCUT2D eigenvalue weighted by atomic mass is 9.95. The van der Waals surface area contributed by atoms with Crippen LogP contribution in [0.3, 0.4) is 0 Å². The third-order valence-corrected chi connectivity index (χ3v) is 3.64. The van der Waals surface area contributed by atoms with Gasteiger partial charge in [0, 0.05) is 6.04 Å². The maximum Gasteiger partial charge on any atom is 0.416 e. The summed E-state index contributed by atoms with van der Waals surface area (Å²) in [5, 5.41) is 5.76. The van der Waals surface area contributed by atoms with Gasteiger partial charge in [-0.2, -0.15) is 13.2 Å². The number of amides is 1. The van der Waals surface area contributed by atoms with E-state index in [-0.39, 0.29) is 12.0 Å². The zero-order valence-corrected chi connectivity index (χ0v) is 11.4. The van der Waals surface area contributed by atoms with Gasteiger partial charge in [0.25, 0.3) is 5.91 Å². The molecule has 0 aromatic heterocycles. The van der Waals surface area contributed by atoms with Crippen molar-refractivity contribution in [2.24, 2.45) is 5.92 Å². The van der Waals surface area contributed by atoms with E-state index in [4.69, 9.17) is 0 Å². The summed E-state index contributed by atoms with van der Waals surface area (Å²) in [5.41, 5.74) is -1.61. The zero-order chi connectivity index (χ0) is 15.6. The minimum absolute atomic E-state index is 0.136. The Morgan fingerprint density at radius 2 is 2.10 bits per heavy atom. The predicted octanol–water partition coefficient (Wildman–Crippen LogP) is 2.57. The lowest BCUT2D eigenvalue weighted by Crippen LogP contribution is -2.48. The fraction of sp³-hybridized carbons (Fsp3) is 0.500. The summed E-state index contributed by atoms with van der Waals surface area (Å²) in [6.45, 7) is 3.33. The summed E-state index contributed by atoms with van der Waals surface area (Å²) < 4.78 is 51.5. The Labute approximate surface area is 119 Å². The molecule has 1 amide bonds. The van der Waals surface area contributed by atoms with Crippen molar-refractivity contribution in [3.63, 3.8) is 0 Å². The lowest BCUT2D eigenvalue weighted by molar-refractivity contribution is -0.137. The van der Waals surface area contributed by atoms with Crippen LogP contribution in [0.25, 0.3) is 0 Å². The van der Waals surface area contributed by atoms with E-state index < -0.39 is 29.0 Å². The highest BCUT2D eigenvalue weighted by molar-refractivity contribution is 5.94. The molecule has 1 aliphatic rings. The van der Waals surface area contributed by atoms with E-state index in [0.717, 1.165) is 0 Å². The van der Waals surface area contributed by atoms with Crippen LogP contribution in [-0.2, 0) is 6.18 Å². The Kier molecular flexibility index (Phi) is 4.51. The third-order valence-electron chi connectivity index (χ3n) is 3.64. The largest absolute Gasteiger partial charge is 0.416 e. The highest BCUT2D eigenvalue weighted by Gasteiger charge is 2.32. The molecule has 2 atom stereocenters. The van der Waals surface area contributed by atoms with Crippen molar-refractivity contribution in [3.8, 4) is 0 Å². The molecule has 1 aliphatic heterocycles. The molecule has 0 unspecified atom stereocenters. The van der Waals surface area contributed by atoms with Gasteiger partial charge in [0.05, 0.1) is 11.1 Å². The van der Waals surface area contributed by atoms with Crippen molar-refractivity contribution in [1.82, 2.24) is 10.6 Å². The highest BCUT2D eigenvalue weighted by Crippen LogP contribution is 2.30. The number of hydrogen-bond acceptors (Lipinski definition) is 2. The Hall–Kier alpha value is -1.63. The topological polar surface area (TPSA) is 41.1 Å². The van der Waals surface area contributed by atoms with Crippen molar-refractivity contribution in [1.29, 1.82) is 0 Å². The fourth-order valence-corrected chi connectivity index (χ4v) is 2.35. The van der Waals surface area contributed by atoms with E-state index in [9.17, 15) is 22.4 Å².